The van der Waals surface area contributed by atoms with Crippen molar-refractivity contribution in [1.29, 1.82) is 0 Å². The minimum Gasteiger partial charge on any atom is -0.366 e. The molecule has 14 heavy (non-hydrogen) atoms. The Balaban J connectivity index is 2.73. The van der Waals surface area contributed by atoms with E-state index >= 15 is 0 Å². The predicted molar refractivity (Wildman–Crippen MR) is 63.2 cm³/mol. The number of nitrogens with zero attached hydrogens (tertiary/aromatic N) is 1. The topological polar surface area (TPSA) is 24.9 Å². The largest absolute Gasteiger partial charge is 0.366 e. The normalized spacial score (nSPS) is 11.9. The lowest BCUT2D eigenvalue weighted by molar-refractivity contribution is 0.819. The molecule has 1 heterocycles. The van der Waals surface area contributed by atoms with Crippen molar-refractivity contribution in [1.82, 2.24) is 4.98 Å². The van der Waals surface area contributed by atoms with Gasteiger partial charge in [-0.3, -0.25) is 0 Å². The number of pyridine rings is 1. The number of terminal acetylenes is 1. The summed E-state index contributed by atoms with van der Waals surface area (Å²) in [5.74, 6) is 3.52. The third-order valence-electron chi connectivity index (χ3n) is 1.85. The third kappa shape index (κ3) is 3.04. The minimum absolute atomic E-state index is 0.257. The van der Waals surface area contributed by atoms with Crippen LogP contribution in [0.3, 0.4) is 0 Å². The molecule has 1 N–H and O–H groups in total. The summed E-state index contributed by atoms with van der Waals surface area (Å²) in [6.45, 7) is 4.06. The second kappa shape index (κ2) is 5.02. The molecule has 1 unspecified atom stereocenters. The molecule has 0 bridgehead atoms. The number of hydrogen-bond acceptors (Lipinski definition) is 2. The van der Waals surface area contributed by atoms with E-state index in [1.807, 2.05) is 19.9 Å². The maximum atomic E-state index is 5.23. The molecule has 1 atom stereocenters. The standard InChI is InChI=1S/C11H13BrN2/c1-4-5-9(3)14-11-8(2)6-10(12)7-13-11/h1,6-7,9H,5H2,2-3H3,(H,13,14). The first kappa shape index (κ1) is 11.1. The van der Waals surface area contributed by atoms with Crippen LogP contribution in [0.1, 0.15) is 18.9 Å². The van der Waals surface area contributed by atoms with Gasteiger partial charge in [-0.25, -0.2) is 4.98 Å². The number of anilines is 1. The minimum atomic E-state index is 0.257. The monoisotopic (exact) mass is 252 g/mol. The third-order valence-corrected chi connectivity index (χ3v) is 2.29. The number of rotatable bonds is 3. The highest BCUT2D eigenvalue weighted by molar-refractivity contribution is 9.10. The molecule has 0 aliphatic rings. The number of aryl methyl sites for hydroxylation is 1. The van der Waals surface area contributed by atoms with Gasteiger partial charge in [0, 0.05) is 23.1 Å². The second-order valence-corrected chi connectivity index (χ2v) is 4.19. The first-order valence-electron chi connectivity index (χ1n) is 4.45. The van der Waals surface area contributed by atoms with Gasteiger partial charge in [0.25, 0.3) is 0 Å². The molecule has 0 radical (unpaired) electrons. The summed E-state index contributed by atoms with van der Waals surface area (Å²) in [6, 6.07) is 2.28. The summed E-state index contributed by atoms with van der Waals surface area (Å²) in [5, 5.41) is 3.26. The van der Waals surface area contributed by atoms with Crippen LogP contribution in [0.25, 0.3) is 0 Å². The van der Waals surface area contributed by atoms with Crippen LogP contribution < -0.4 is 5.32 Å². The lowest BCUT2D eigenvalue weighted by Crippen LogP contribution is -2.15. The van der Waals surface area contributed by atoms with Gasteiger partial charge in [-0.15, -0.1) is 12.3 Å². The summed E-state index contributed by atoms with van der Waals surface area (Å²) in [5.41, 5.74) is 1.11. The van der Waals surface area contributed by atoms with Gasteiger partial charge < -0.3 is 5.32 Å². The Hall–Kier alpha value is -1.01. The molecule has 1 aromatic heterocycles. The summed E-state index contributed by atoms with van der Waals surface area (Å²) in [6.07, 6.45) is 7.71. The molecule has 3 heteroatoms. The van der Waals surface area contributed by atoms with E-state index in [0.29, 0.717) is 6.42 Å². The predicted octanol–water partition coefficient (Wildman–Crippen LogP) is 2.98. The molecule has 0 saturated heterocycles. The van der Waals surface area contributed by atoms with Gasteiger partial charge in [0.1, 0.15) is 5.82 Å². The van der Waals surface area contributed by atoms with Crippen molar-refractivity contribution in [2.24, 2.45) is 0 Å². The van der Waals surface area contributed by atoms with E-state index in [1.165, 1.54) is 0 Å². The maximum absolute atomic E-state index is 5.23. The number of aromatic nitrogens is 1. The zero-order chi connectivity index (χ0) is 10.6. The van der Waals surface area contributed by atoms with Gasteiger partial charge >= 0.3 is 0 Å². The zero-order valence-electron chi connectivity index (χ0n) is 8.34. The average Bonchev–Trinajstić information content (AvgIpc) is 2.10. The lowest BCUT2D eigenvalue weighted by Gasteiger charge is -2.13. The number of halogens is 1. The van der Waals surface area contributed by atoms with Crippen molar-refractivity contribution in [2.45, 2.75) is 26.3 Å². The van der Waals surface area contributed by atoms with E-state index in [-0.39, 0.29) is 6.04 Å². The molecule has 0 aromatic carbocycles. The van der Waals surface area contributed by atoms with Crippen LogP contribution in [0.2, 0.25) is 0 Å². The van der Waals surface area contributed by atoms with Crippen LogP contribution in [0, 0.1) is 19.3 Å². The van der Waals surface area contributed by atoms with Gasteiger partial charge in [0.15, 0.2) is 0 Å². The Labute approximate surface area is 93.3 Å². The van der Waals surface area contributed by atoms with Crippen LogP contribution in [-0.4, -0.2) is 11.0 Å². The number of hydrogen-bond donors (Lipinski definition) is 1. The van der Waals surface area contributed by atoms with Crippen LogP contribution in [0.4, 0.5) is 5.82 Å². The van der Waals surface area contributed by atoms with Crippen molar-refractivity contribution in [3.63, 3.8) is 0 Å². The van der Waals surface area contributed by atoms with Crippen molar-refractivity contribution < 1.29 is 0 Å². The fraction of sp³-hybridized carbons (Fsp3) is 0.364. The highest BCUT2D eigenvalue weighted by Crippen LogP contribution is 2.17. The summed E-state index contributed by atoms with van der Waals surface area (Å²) in [4.78, 5) is 4.27. The molecule has 0 aliphatic carbocycles. The van der Waals surface area contributed by atoms with Crippen LogP contribution >= 0.6 is 15.9 Å². The molecule has 0 spiro atoms. The molecular formula is C11H13BrN2. The highest BCUT2D eigenvalue weighted by atomic mass is 79.9. The van der Waals surface area contributed by atoms with Gasteiger partial charge in [0.05, 0.1) is 0 Å². The number of nitrogens with one attached hydrogen (secondary N) is 1. The lowest BCUT2D eigenvalue weighted by atomic mass is 10.2. The Bertz CT molecular complexity index is 355. The van der Waals surface area contributed by atoms with Crippen molar-refractivity contribution in [2.75, 3.05) is 5.32 Å². The van der Waals surface area contributed by atoms with Crippen LogP contribution in [0.15, 0.2) is 16.7 Å². The fourth-order valence-corrected chi connectivity index (χ4v) is 1.60. The smallest absolute Gasteiger partial charge is 0.129 e. The van der Waals surface area contributed by atoms with E-state index in [1.54, 1.807) is 6.20 Å². The maximum Gasteiger partial charge on any atom is 0.129 e. The van der Waals surface area contributed by atoms with Crippen LogP contribution in [-0.2, 0) is 0 Å². The van der Waals surface area contributed by atoms with Crippen LogP contribution in [0.5, 0.6) is 0 Å². The molecule has 1 aromatic rings. The van der Waals surface area contributed by atoms with Gasteiger partial charge in [0.2, 0.25) is 0 Å². The van der Waals surface area contributed by atoms with E-state index in [9.17, 15) is 0 Å². The van der Waals surface area contributed by atoms with Gasteiger partial charge in [-0.1, -0.05) is 0 Å². The quantitative estimate of drug-likeness (QED) is 0.837. The summed E-state index contributed by atoms with van der Waals surface area (Å²) in [7, 11) is 0. The molecule has 0 saturated carbocycles. The first-order valence-corrected chi connectivity index (χ1v) is 5.25. The Morgan fingerprint density at radius 2 is 2.43 bits per heavy atom. The van der Waals surface area contributed by atoms with Crippen molar-refractivity contribution in [3.05, 3.63) is 22.3 Å². The second-order valence-electron chi connectivity index (χ2n) is 3.27. The first-order chi connectivity index (χ1) is 6.63. The Morgan fingerprint density at radius 1 is 1.71 bits per heavy atom. The zero-order valence-corrected chi connectivity index (χ0v) is 9.93. The van der Waals surface area contributed by atoms with Crippen molar-refractivity contribution in [3.8, 4) is 12.3 Å². The van der Waals surface area contributed by atoms with E-state index in [2.05, 4.69) is 32.2 Å². The molecule has 74 valence electrons. The molecule has 2 nitrogen and oxygen atoms in total. The molecule has 0 aliphatic heterocycles. The van der Waals surface area contributed by atoms with Gasteiger partial charge in [-0.05, 0) is 41.4 Å². The molecule has 0 amide bonds. The Morgan fingerprint density at radius 3 is 3.00 bits per heavy atom. The van der Waals surface area contributed by atoms with E-state index < -0.39 is 0 Å². The van der Waals surface area contributed by atoms with Crippen molar-refractivity contribution >= 4 is 21.7 Å². The fourth-order valence-electron chi connectivity index (χ4n) is 1.15. The van der Waals surface area contributed by atoms with Gasteiger partial charge in [-0.2, -0.15) is 0 Å². The average molecular weight is 253 g/mol. The summed E-state index contributed by atoms with van der Waals surface area (Å²) >= 11 is 3.37. The highest BCUT2D eigenvalue weighted by Gasteiger charge is 2.04. The molecular weight excluding hydrogens is 240 g/mol. The molecule has 0 fully saturated rings. The SMILES string of the molecule is C#CCC(C)Nc1ncc(Br)cc1C. The van der Waals surface area contributed by atoms with E-state index in [4.69, 9.17) is 6.42 Å². The Kier molecular flexibility index (Phi) is 3.97. The van der Waals surface area contributed by atoms with E-state index in [0.717, 1.165) is 15.9 Å². The molecule has 1 rings (SSSR count). The summed E-state index contributed by atoms with van der Waals surface area (Å²) < 4.78 is 0.991.